The normalized spacial score (nSPS) is 12.6. The summed E-state index contributed by atoms with van der Waals surface area (Å²) in [6.07, 6.45) is 4.60. The lowest BCUT2D eigenvalue weighted by Crippen LogP contribution is -2.29. The number of aromatic nitrogens is 1. The van der Waals surface area contributed by atoms with E-state index in [0.717, 1.165) is 21.2 Å². The van der Waals surface area contributed by atoms with Crippen LogP contribution in [0.1, 0.15) is 29.0 Å². The average Bonchev–Trinajstić information content (AvgIpc) is 2.77. The number of thiophene rings is 1. The largest absolute Gasteiger partial charge is 0.271 e. The highest BCUT2D eigenvalue weighted by Gasteiger charge is 2.17. The van der Waals surface area contributed by atoms with Crippen LogP contribution in [0.5, 0.6) is 0 Å². The zero-order valence-corrected chi connectivity index (χ0v) is 11.1. The summed E-state index contributed by atoms with van der Waals surface area (Å²) in [4.78, 5) is 5.25. The molecule has 1 atom stereocenters. The molecule has 2 rings (SSSR count). The van der Waals surface area contributed by atoms with Crippen LogP contribution < -0.4 is 11.3 Å². The van der Waals surface area contributed by atoms with Gasteiger partial charge in [0.15, 0.2) is 0 Å². The van der Waals surface area contributed by atoms with Crippen LogP contribution in [0.4, 0.5) is 0 Å². The second-order valence-corrected chi connectivity index (χ2v) is 5.42. The summed E-state index contributed by atoms with van der Waals surface area (Å²) in [5, 5.41) is 0. The van der Waals surface area contributed by atoms with Crippen LogP contribution in [0.25, 0.3) is 0 Å². The lowest BCUT2D eigenvalue weighted by atomic mass is 10.0. The maximum Gasteiger partial charge on any atom is 0.0931 e. The molecule has 0 amide bonds. The van der Waals surface area contributed by atoms with Gasteiger partial charge in [-0.15, -0.1) is 11.3 Å². The lowest BCUT2D eigenvalue weighted by molar-refractivity contribution is 0.639. The van der Waals surface area contributed by atoms with E-state index in [2.05, 4.69) is 17.3 Å². The van der Waals surface area contributed by atoms with Crippen LogP contribution >= 0.6 is 22.9 Å². The topological polar surface area (TPSA) is 50.9 Å². The SMILES string of the molecule is CCc1cnccc1C(NN)c1ccc(Cl)s1. The van der Waals surface area contributed by atoms with Crippen molar-refractivity contribution in [3.05, 3.63) is 50.9 Å². The summed E-state index contributed by atoms with van der Waals surface area (Å²) in [6.45, 7) is 2.11. The minimum atomic E-state index is -0.0227. The van der Waals surface area contributed by atoms with Crippen molar-refractivity contribution in [3.8, 4) is 0 Å². The van der Waals surface area contributed by atoms with Gasteiger partial charge in [0, 0.05) is 17.3 Å². The molecule has 2 aromatic rings. The summed E-state index contributed by atoms with van der Waals surface area (Å²) >= 11 is 7.50. The minimum Gasteiger partial charge on any atom is -0.271 e. The van der Waals surface area contributed by atoms with Gasteiger partial charge in [-0.25, -0.2) is 5.43 Å². The monoisotopic (exact) mass is 267 g/mol. The first-order valence-corrected chi connectivity index (χ1v) is 6.59. The Labute approximate surface area is 110 Å². The van der Waals surface area contributed by atoms with Crippen LogP contribution in [0, 0.1) is 0 Å². The zero-order valence-electron chi connectivity index (χ0n) is 9.48. The molecule has 1 unspecified atom stereocenters. The van der Waals surface area contributed by atoms with Crippen LogP contribution in [0.3, 0.4) is 0 Å². The molecular weight excluding hydrogens is 254 g/mol. The summed E-state index contributed by atoms with van der Waals surface area (Å²) in [5.41, 5.74) is 5.20. The first kappa shape index (κ1) is 12.5. The van der Waals surface area contributed by atoms with Gasteiger partial charge < -0.3 is 0 Å². The van der Waals surface area contributed by atoms with Gasteiger partial charge in [-0.3, -0.25) is 10.8 Å². The molecular formula is C12H14ClN3S. The molecule has 3 nitrogen and oxygen atoms in total. The minimum absolute atomic E-state index is 0.0227. The second kappa shape index (κ2) is 5.60. The molecule has 90 valence electrons. The number of aryl methyl sites for hydroxylation is 1. The van der Waals surface area contributed by atoms with Crippen LogP contribution in [0.2, 0.25) is 4.34 Å². The van der Waals surface area contributed by atoms with Crippen molar-refractivity contribution in [1.82, 2.24) is 10.4 Å². The number of hydrogen-bond acceptors (Lipinski definition) is 4. The first-order chi connectivity index (χ1) is 8.26. The van der Waals surface area contributed by atoms with Gasteiger partial charge in [0.2, 0.25) is 0 Å². The van der Waals surface area contributed by atoms with E-state index >= 15 is 0 Å². The second-order valence-electron chi connectivity index (χ2n) is 3.67. The van der Waals surface area contributed by atoms with Crippen LogP contribution in [-0.4, -0.2) is 4.98 Å². The lowest BCUT2D eigenvalue weighted by Gasteiger charge is -2.17. The highest BCUT2D eigenvalue weighted by molar-refractivity contribution is 7.16. The molecule has 2 aromatic heterocycles. The number of nitrogens with zero attached hydrogens (tertiary/aromatic N) is 1. The number of halogens is 1. The number of hydrogen-bond donors (Lipinski definition) is 2. The Morgan fingerprint density at radius 3 is 2.88 bits per heavy atom. The molecule has 0 radical (unpaired) electrons. The summed E-state index contributed by atoms with van der Waals surface area (Å²) < 4.78 is 0.771. The number of nitrogens with two attached hydrogens (primary N) is 1. The molecule has 0 aliphatic carbocycles. The molecule has 2 heterocycles. The Hall–Kier alpha value is -0.940. The highest BCUT2D eigenvalue weighted by Crippen LogP contribution is 2.31. The third-order valence-electron chi connectivity index (χ3n) is 2.68. The van der Waals surface area contributed by atoms with Gasteiger partial charge in [-0.05, 0) is 35.7 Å². The standard InChI is InChI=1S/C12H14ClN3S/c1-2-8-7-15-6-5-9(8)12(16-14)10-3-4-11(13)17-10/h3-7,12,16H,2,14H2,1H3. The van der Waals surface area contributed by atoms with E-state index in [1.807, 2.05) is 24.4 Å². The molecule has 0 aromatic carbocycles. The van der Waals surface area contributed by atoms with E-state index in [9.17, 15) is 0 Å². The van der Waals surface area contributed by atoms with Crippen molar-refractivity contribution in [2.24, 2.45) is 5.84 Å². The third kappa shape index (κ3) is 2.66. The number of pyridine rings is 1. The van der Waals surface area contributed by atoms with E-state index in [4.69, 9.17) is 17.4 Å². The third-order valence-corrected chi connectivity index (χ3v) is 3.97. The molecule has 0 spiro atoms. The molecule has 0 bridgehead atoms. The van der Waals surface area contributed by atoms with E-state index in [-0.39, 0.29) is 6.04 Å². The van der Waals surface area contributed by atoms with Gasteiger partial charge in [-0.1, -0.05) is 18.5 Å². The highest BCUT2D eigenvalue weighted by atomic mass is 35.5. The van der Waals surface area contributed by atoms with Crippen molar-refractivity contribution in [2.45, 2.75) is 19.4 Å². The molecule has 0 saturated heterocycles. The Bertz CT molecular complexity index is 498. The Balaban J connectivity index is 2.41. The fourth-order valence-electron chi connectivity index (χ4n) is 1.82. The fraction of sp³-hybridized carbons (Fsp3) is 0.250. The molecule has 5 heteroatoms. The van der Waals surface area contributed by atoms with Gasteiger partial charge >= 0.3 is 0 Å². The summed E-state index contributed by atoms with van der Waals surface area (Å²) in [5.74, 6) is 5.66. The smallest absolute Gasteiger partial charge is 0.0931 e. The van der Waals surface area contributed by atoms with Crippen molar-refractivity contribution in [1.29, 1.82) is 0 Å². The first-order valence-electron chi connectivity index (χ1n) is 5.40. The van der Waals surface area contributed by atoms with E-state index in [0.29, 0.717) is 0 Å². The van der Waals surface area contributed by atoms with Crippen LogP contribution in [0.15, 0.2) is 30.6 Å². The van der Waals surface area contributed by atoms with Crippen molar-refractivity contribution in [2.75, 3.05) is 0 Å². The predicted octanol–water partition coefficient (Wildman–Crippen LogP) is 2.91. The van der Waals surface area contributed by atoms with E-state index in [1.165, 1.54) is 16.9 Å². The van der Waals surface area contributed by atoms with Gasteiger partial charge in [0.05, 0.1) is 10.4 Å². The number of nitrogens with one attached hydrogen (secondary N) is 1. The Kier molecular flexibility index (Phi) is 4.12. The molecule has 3 N–H and O–H groups in total. The van der Waals surface area contributed by atoms with Gasteiger partial charge in [0.25, 0.3) is 0 Å². The van der Waals surface area contributed by atoms with E-state index in [1.54, 1.807) is 6.20 Å². The van der Waals surface area contributed by atoms with Crippen molar-refractivity contribution < 1.29 is 0 Å². The Morgan fingerprint density at radius 2 is 2.29 bits per heavy atom. The van der Waals surface area contributed by atoms with Gasteiger partial charge in [0.1, 0.15) is 0 Å². The Morgan fingerprint density at radius 1 is 1.47 bits per heavy atom. The van der Waals surface area contributed by atoms with E-state index < -0.39 is 0 Å². The number of hydrazine groups is 1. The maximum absolute atomic E-state index is 5.96. The maximum atomic E-state index is 5.96. The summed E-state index contributed by atoms with van der Waals surface area (Å²) in [6, 6.07) is 5.86. The van der Waals surface area contributed by atoms with Crippen molar-refractivity contribution >= 4 is 22.9 Å². The quantitative estimate of drug-likeness (QED) is 0.662. The zero-order chi connectivity index (χ0) is 12.3. The van der Waals surface area contributed by atoms with Crippen LogP contribution in [-0.2, 0) is 6.42 Å². The molecule has 0 saturated carbocycles. The molecule has 0 aliphatic heterocycles. The predicted molar refractivity (Wildman–Crippen MR) is 72.1 cm³/mol. The van der Waals surface area contributed by atoms with Crippen molar-refractivity contribution in [3.63, 3.8) is 0 Å². The van der Waals surface area contributed by atoms with Gasteiger partial charge in [-0.2, -0.15) is 0 Å². The fourth-order valence-corrected chi connectivity index (χ4v) is 2.96. The number of rotatable bonds is 4. The summed E-state index contributed by atoms with van der Waals surface area (Å²) in [7, 11) is 0. The molecule has 0 aliphatic rings. The molecule has 0 fully saturated rings. The average molecular weight is 268 g/mol. The molecule has 17 heavy (non-hydrogen) atoms.